The highest BCUT2D eigenvalue weighted by atomic mass is 35.5. The second kappa shape index (κ2) is 11.5. The van der Waals surface area contributed by atoms with Crippen molar-refractivity contribution in [3.8, 4) is 17.0 Å². The molecule has 9 nitrogen and oxygen atoms in total. The molecule has 0 bridgehead atoms. The van der Waals surface area contributed by atoms with Crippen LogP contribution in [0.1, 0.15) is 0 Å². The van der Waals surface area contributed by atoms with Gasteiger partial charge in [-0.1, -0.05) is 36.4 Å². The molecule has 0 fully saturated rings. The van der Waals surface area contributed by atoms with Gasteiger partial charge in [0.2, 0.25) is 11.9 Å². The predicted octanol–water partition coefficient (Wildman–Crippen LogP) is 5.80. The van der Waals surface area contributed by atoms with Crippen molar-refractivity contribution in [2.45, 2.75) is 19.1 Å². The monoisotopic (exact) mass is 564 g/mol. The number of para-hydroxylation sites is 1. The lowest BCUT2D eigenvalue weighted by Gasteiger charge is -2.26. The predicted molar refractivity (Wildman–Crippen MR) is 162 cm³/mol. The van der Waals surface area contributed by atoms with E-state index in [0.29, 0.717) is 46.4 Å². The number of halogens is 1. The average molecular weight is 565 g/mol. The van der Waals surface area contributed by atoms with Crippen LogP contribution in [0.4, 0.5) is 23.0 Å². The zero-order chi connectivity index (χ0) is 28.3. The largest absolute Gasteiger partial charge is 0.494 e. The zero-order valence-corrected chi connectivity index (χ0v) is 24.5. The highest BCUT2D eigenvalue weighted by Gasteiger charge is 2.21. The number of nitrogens with zero attached hydrogens (tertiary/aromatic N) is 4. The Hall–Kier alpha value is -3.86. The van der Waals surface area contributed by atoms with Crippen molar-refractivity contribution in [2.24, 2.45) is 7.05 Å². The molecule has 2 heterocycles. The molecule has 3 N–H and O–H groups in total. The molecular formula is C28H33ClN6O3Si. The summed E-state index contributed by atoms with van der Waals surface area (Å²) in [6.45, 7) is 7.97. The van der Waals surface area contributed by atoms with Gasteiger partial charge < -0.3 is 29.6 Å². The summed E-state index contributed by atoms with van der Waals surface area (Å²) < 4.78 is 7.72. The van der Waals surface area contributed by atoms with Crippen LogP contribution in [0.15, 0.2) is 61.4 Å². The molecular weight excluding hydrogens is 532 g/mol. The smallest absolute Gasteiger partial charge is 0.247 e. The van der Waals surface area contributed by atoms with Crippen molar-refractivity contribution in [2.75, 3.05) is 36.2 Å². The summed E-state index contributed by atoms with van der Waals surface area (Å²) in [5.74, 6) is 0.494. The van der Waals surface area contributed by atoms with Crippen LogP contribution in [-0.2, 0) is 11.8 Å². The van der Waals surface area contributed by atoms with Gasteiger partial charge >= 0.3 is 0 Å². The minimum atomic E-state index is -2.26. The van der Waals surface area contributed by atoms with Gasteiger partial charge in [-0.25, -0.2) is 9.97 Å². The van der Waals surface area contributed by atoms with Gasteiger partial charge in [-0.05, 0) is 37.3 Å². The Bertz CT molecular complexity index is 1530. The van der Waals surface area contributed by atoms with Gasteiger partial charge in [-0.2, -0.15) is 0 Å². The molecule has 11 heteroatoms. The molecule has 0 aliphatic carbocycles. The van der Waals surface area contributed by atoms with Crippen molar-refractivity contribution in [3.05, 3.63) is 66.5 Å². The Labute approximate surface area is 234 Å². The number of hydrogen-bond acceptors (Lipinski definition) is 7. The molecule has 1 amide bonds. The second-order valence-electron chi connectivity index (χ2n) is 9.93. The topological polar surface area (TPSA) is 105 Å². The zero-order valence-electron chi connectivity index (χ0n) is 22.7. The molecule has 0 unspecified atom stereocenters. The Kier molecular flexibility index (Phi) is 8.29. The molecule has 2 aromatic carbocycles. The van der Waals surface area contributed by atoms with E-state index in [9.17, 15) is 9.59 Å². The van der Waals surface area contributed by atoms with Crippen molar-refractivity contribution in [1.29, 1.82) is 0 Å². The standard InChI is InChI=1S/C28H33ClN6O3Si/c1-7-26(36)31-21-14-22(25(38-4)15-24(21)34(2)12-13-39(5,6)37)32-28-30-16-20(29)27(33-28)19-17-35(3)23-11-9-8-10-18(19)23/h7-11,14-17,37H,1,12-13H2,2-6H3,(H,31,36)(H,30,32,33). The van der Waals surface area contributed by atoms with Crippen molar-refractivity contribution in [1.82, 2.24) is 14.5 Å². The van der Waals surface area contributed by atoms with E-state index in [0.717, 1.165) is 22.2 Å². The van der Waals surface area contributed by atoms with Crippen LogP contribution in [0.5, 0.6) is 5.75 Å². The van der Waals surface area contributed by atoms with Crippen LogP contribution in [-0.4, -0.2) is 54.3 Å². The number of amides is 1. The van der Waals surface area contributed by atoms with E-state index in [1.165, 1.54) is 6.08 Å². The van der Waals surface area contributed by atoms with Crippen molar-refractivity contribution >= 4 is 59.7 Å². The van der Waals surface area contributed by atoms with Gasteiger partial charge in [-0.15, -0.1) is 0 Å². The molecule has 0 atom stereocenters. The lowest BCUT2D eigenvalue weighted by Crippen LogP contribution is -2.32. The summed E-state index contributed by atoms with van der Waals surface area (Å²) >= 11 is 6.55. The fraction of sp³-hybridized carbons (Fsp3) is 0.250. The number of fused-ring (bicyclic) bond motifs is 1. The number of aromatic nitrogens is 3. The molecule has 0 spiro atoms. The molecule has 0 aliphatic rings. The molecule has 0 radical (unpaired) electrons. The number of hydrogen-bond donors (Lipinski definition) is 3. The van der Waals surface area contributed by atoms with Gasteiger partial charge in [0.05, 0.1) is 41.1 Å². The SMILES string of the molecule is C=CC(=O)Nc1cc(Nc2ncc(Cl)c(-c3cn(C)c4ccccc34)n2)c(OC)cc1N(C)CC[Si](C)(C)O. The van der Waals surface area contributed by atoms with E-state index in [1.54, 1.807) is 19.4 Å². The molecule has 39 heavy (non-hydrogen) atoms. The van der Waals surface area contributed by atoms with Crippen molar-refractivity contribution in [3.63, 3.8) is 0 Å². The van der Waals surface area contributed by atoms with Crippen LogP contribution in [0.3, 0.4) is 0 Å². The lowest BCUT2D eigenvalue weighted by molar-refractivity contribution is -0.111. The van der Waals surface area contributed by atoms with Gasteiger partial charge in [-0.3, -0.25) is 4.79 Å². The van der Waals surface area contributed by atoms with E-state index in [2.05, 4.69) is 22.2 Å². The summed E-state index contributed by atoms with van der Waals surface area (Å²) in [7, 11) is 3.19. The Morgan fingerprint density at radius 2 is 2.03 bits per heavy atom. The van der Waals surface area contributed by atoms with E-state index >= 15 is 0 Å². The summed E-state index contributed by atoms with van der Waals surface area (Å²) in [6.07, 6.45) is 4.76. The first-order valence-electron chi connectivity index (χ1n) is 12.4. The molecule has 4 aromatic rings. The summed E-state index contributed by atoms with van der Waals surface area (Å²) in [5, 5.41) is 7.56. The number of aryl methyl sites for hydroxylation is 1. The first kappa shape index (κ1) is 28.2. The third kappa shape index (κ3) is 6.41. The molecule has 204 valence electrons. The second-order valence-corrected chi connectivity index (χ2v) is 14.5. The minimum Gasteiger partial charge on any atom is -0.494 e. The quantitative estimate of drug-likeness (QED) is 0.165. The number of carbonyl (C=O) groups excluding carboxylic acids is 1. The molecule has 4 rings (SSSR count). The number of nitrogens with one attached hydrogen (secondary N) is 2. The van der Waals surface area contributed by atoms with Crippen molar-refractivity contribution < 1.29 is 14.3 Å². The molecule has 0 aliphatic heterocycles. The van der Waals surface area contributed by atoms with Crippen LogP contribution in [0.25, 0.3) is 22.2 Å². The first-order valence-corrected chi connectivity index (χ1v) is 16.0. The number of carbonyl (C=O) groups is 1. The maximum absolute atomic E-state index is 12.3. The van der Waals surface area contributed by atoms with E-state index in [-0.39, 0.29) is 5.91 Å². The third-order valence-electron chi connectivity index (χ3n) is 6.37. The van der Waals surface area contributed by atoms with E-state index < -0.39 is 8.32 Å². The number of anilines is 4. The number of ether oxygens (including phenoxy) is 1. The van der Waals surface area contributed by atoms with Gasteiger partial charge in [0.1, 0.15) is 5.75 Å². The molecule has 2 aromatic heterocycles. The summed E-state index contributed by atoms with van der Waals surface area (Å²) in [6, 6.07) is 12.3. The number of methoxy groups -OCH3 is 1. The van der Waals surface area contributed by atoms with Crippen LogP contribution in [0.2, 0.25) is 24.2 Å². The first-order chi connectivity index (χ1) is 18.5. The summed E-state index contributed by atoms with van der Waals surface area (Å²) in [5.41, 5.74) is 4.38. The normalized spacial score (nSPS) is 11.4. The van der Waals surface area contributed by atoms with Crippen LogP contribution < -0.4 is 20.3 Å². The Morgan fingerprint density at radius 1 is 1.28 bits per heavy atom. The molecule has 0 saturated carbocycles. The third-order valence-corrected chi connectivity index (χ3v) is 8.10. The Morgan fingerprint density at radius 3 is 2.72 bits per heavy atom. The number of rotatable bonds is 10. The lowest BCUT2D eigenvalue weighted by atomic mass is 10.1. The highest BCUT2D eigenvalue weighted by Crippen LogP contribution is 2.39. The van der Waals surface area contributed by atoms with Gasteiger partial charge in [0.15, 0.2) is 8.32 Å². The minimum absolute atomic E-state index is 0.316. The van der Waals surface area contributed by atoms with E-state index in [4.69, 9.17) is 21.3 Å². The van der Waals surface area contributed by atoms with Crippen LogP contribution in [0, 0.1) is 0 Å². The maximum Gasteiger partial charge on any atom is 0.247 e. The maximum atomic E-state index is 12.3. The van der Waals surface area contributed by atoms with E-state index in [1.807, 2.05) is 73.2 Å². The van der Waals surface area contributed by atoms with Gasteiger partial charge in [0.25, 0.3) is 0 Å². The van der Waals surface area contributed by atoms with Gasteiger partial charge in [0, 0.05) is 49.4 Å². The number of benzene rings is 2. The fourth-order valence-corrected chi connectivity index (χ4v) is 5.34. The highest BCUT2D eigenvalue weighted by molar-refractivity contribution is 6.69. The average Bonchev–Trinajstić information content (AvgIpc) is 3.24. The Balaban J connectivity index is 1.74. The summed E-state index contributed by atoms with van der Waals surface area (Å²) in [4.78, 5) is 33.7. The fourth-order valence-electron chi connectivity index (χ4n) is 4.26. The molecule has 0 saturated heterocycles. The van der Waals surface area contributed by atoms with Crippen LogP contribution >= 0.6 is 11.6 Å².